The van der Waals surface area contributed by atoms with Gasteiger partial charge in [-0.2, -0.15) is 0 Å². The van der Waals surface area contributed by atoms with E-state index in [2.05, 4.69) is 4.98 Å². The van der Waals surface area contributed by atoms with Crippen LogP contribution in [0.5, 0.6) is 0 Å². The highest BCUT2D eigenvalue weighted by molar-refractivity contribution is 5.93. The Morgan fingerprint density at radius 2 is 2.45 bits per heavy atom. The summed E-state index contributed by atoms with van der Waals surface area (Å²) in [6.07, 6.45) is 0. The third-order valence-electron chi connectivity index (χ3n) is 1.52. The van der Waals surface area contributed by atoms with E-state index in [1.807, 2.05) is 6.07 Å². The summed E-state index contributed by atoms with van der Waals surface area (Å²) in [6.45, 7) is 2.18. The number of hydrogen-bond acceptors (Lipinski definition) is 3. The number of nitrogens with zero attached hydrogens (tertiary/aromatic N) is 1. The zero-order valence-corrected chi connectivity index (χ0v) is 6.13. The van der Waals surface area contributed by atoms with Gasteiger partial charge in [0.05, 0.1) is 12.3 Å². The molecule has 0 saturated heterocycles. The molecule has 0 radical (unpaired) electrons. The van der Waals surface area contributed by atoms with Gasteiger partial charge in [-0.3, -0.25) is 0 Å². The summed E-state index contributed by atoms with van der Waals surface area (Å²) in [6, 6.07) is 3.66. The number of hydrogen-bond donors (Lipinski definition) is 0. The Balaban J connectivity index is 2.14. The number of ether oxygens (including phenoxy) is 1. The second-order valence-electron chi connectivity index (χ2n) is 2.35. The van der Waals surface area contributed by atoms with Crippen LogP contribution in [0.15, 0.2) is 12.1 Å². The minimum atomic E-state index is -0.326. The molecule has 3 heteroatoms. The molecule has 0 unspecified atom stereocenters. The van der Waals surface area contributed by atoms with Crippen LogP contribution in [-0.2, 0) is 4.74 Å². The minimum absolute atomic E-state index is 0.326. The first-order valence-electron chi connectivity index (χ1n) is 3.51. The van der Waals surface area contributed by atoms with Gasteiger partial charge in [0.2, 0.25) is 0 Å². The molecule has 0 aromatic heterocycles. The summed E-state index contributed by atoms with van der Waals surface area (Å²) in [5, 5.41) is 0. The van der Waals surface area contributed by atoms with E-state index >= 15 is 0 Å². The van der Waals surface area contributed by atoms with Crippen LogP contribution in [0.3, 0.4) is 0 Å². The van der Waals surface area contributed by atoms with Crippen molar-refractivity contribution >= 4 is 5.97 Å². The number of carbonyl (C=O) groups is 1. The van der Waals surface area contributed by atoms with E-state index in [0.717, 1.165) is 11.3 Å². The molecule has 11 heavy (non-hydrogen) atoms. The van der Waals surface area contributed by atoms with Crippen LogP contribution in [0.1, 0.15) is 17.4 Å². The lowest BCUT2D eigenvalue weighted by atomic mass is 10.4. The zero-order valence-electron chi connectivity index (χ0n) is 6.13. The lowest BCUT2D eigenvalue weighted by molar-refractivity contribution is 0.0520. The van der Waals surface area contributed by atoms with Crippen molar-refractivity contribution in [1.29, 1.82) is 0 Å². The van der Waals surface area contributed by atoms with Crippen LogP contribution in [0.25, 0.3) is 11.3 Å². The molecule has 0 aromatic rings. The maximum absolute atomic E-state index is 11.0. The first-order chi connectivity index (χ1) is 5.31. The Bertz CT molecular complexity index is 300. The van der Waals surface area contributed by atoms with Gasteiger partial charge in [-0.15, -0.1) is 0 Å². The first kappa shape index (κ1) is 6.34. The number of aromatic nitrogens is 1. The van der Waals surface area contributed by atoms with Crippen molar-refractivity contribution in [2.45, 2.75) is 6.92 Å². The fourth-order valence-electron chi connectivity index (χ4n) is 0.943. The molecule has 0 bridgehead atoms. The Hall–Kier alpha value is -1.38. The fraction of sp³-hybridized carbons (Fsp3) is 0.250. The average Bonchev–Trinajstić information content (AvgIpc) is 2.59. The maximum atomic E-state index is 11.0. The van der Waals surface area contributed by atoms with Gasteiger partial charge in [-0.1, -0.05) is 0 Å². The lowest BCUT2D eigenvalue weighted by Crippen LogP contribution is -2.04. The number of carbonyl (C=O) groups excluding carboxylic acids is 1. The first-order valence-corrected chi connectivity index (χ1v) is 3.51. The highest BCUT2D eigenvalue weighted by Crippen LogP contribution is 2.32. The molecule has 1 aliphatic carbocycles. The monoisotopic (exact) mass is 149 g/mol. The summed E-state index contributed by atoms with van der Waals surface area (Å²) in [4.78, 5) is 15.0. The van der Waals surface area contributed by atoms with E-state index in [1.54, 1.807) is 13.0 Å². The topological polar surface area (TPSA) is 39.2 Å². The van der Waals surface area contributed by atoms with Crippen molar-refractivity contribution < 1.29 is 9.53 Å². The SMILES string of the molecule is CCOC(=O)c1cc2cc-2n1. The Morgan fingerprint density at radius 3 is 3.00 bits per heavy atom. The normalized spacial score (nSPS) is 11.0. The quantitative estimate of drug-likeness (QED) is 0.603. The number of esters is 1. The van der Waals surface area contributed by atoms with Gasteiger partial charge in [0, 0.05) is 5.56 Å². The van der Waals surface area contributed by atoms with Crippen LogP contribution in [0.4, 0.5) is 0 Å². The van der Waals surface area contributed by atoms with Crippen molar-refractivity contribution in [3.05, 3.63) is 17.8 Å². The molecule has 0 aromatic carbocycles. The fourth-order valence-corrected chi connectivity index (χ4v) is 0.943. The van der Waals surface area contributed by atoms with Gasteiger partial charge in [-0.25, -0.2) is 9.78 Å². The van der Waals surface area contributed by atoms with Crippen LogP contribution >= 0.6 is 0 Å². The van der Waals surface area contributed by atoms with E-state index in [1.165, 1.54) is 0 Å². The molecular formula is C8H7NO2. The van der Waals surface area contributed by atoms with Crippen molar-refractivity contribution in [3.63, 3.8) is 0 Å². The third kappa shape index (κ3) is 0.981. The molecular weight excluding hydrogens is 142 g/mol. The van der Waals surface area contributed by atoms with Crippen LogP contribution in [0.2, 0.25) is 0 Å². The van der Waals surface area contributed by atoms with Crippen molar-refractivity contribution in [3.8, 4) is 11.3 Å². The molecule has 3 nitrogen and oxygen atoms in total. The van der Waals surface area contributed by atoms with Gasteiger partial charge in [-0.05, 0) is 19.1 Å². The lowest BCUT2D eigenvalue weighted by Gasteiger charge is -1.95. The smallest absolute Gasteiger partial charge is 0.356 e. The van der Waals surface area contributed by atoms with Crippen molar-refractivity contribution in [2.75, 3.05) is 6.61 Å². The summed E-state index contributed by atoms with van der Waals surface area (Å²) < 4.78 is 4.75. The summed E-state index contributed by atoms with van der Waals surface area (Å²) in [5.41, 5.74) is 2.42. The molecule has 0 N–H and O–H groups in total. The summed E-state index contributed by atoms with van der Waals surface area (Å²) in [7, 11) is 0. The second-order valence-corrected chi connectivity index (χ2v) is 2.35. The molecule has 0 spiro atoms. The Morgan fingerprint density at radius 1 is 1.64 bits per heavy atom. The molecule has 1 aliphatic heterocycles. The molecule has 2 rings (SSSR count). The second kappa shape index (κ2) is 2.05. The largest absolute Gasteiger partial charge is 0.461 e. The molecule has 0 amide bonds. The van der Waals surface area contributed by atoms with Gasteiger partial charge in [0.1, 0.15) is 5.69 Å². The van der Waals surface area contributed by atoms with Crippen LogP contribution in [-0.4, -0.2) is 17.6 Å². The van der Waals surface area contributed by atoms with E-state index in [4.69, 9.17) is 4.74 Å². The van der Waals surface area contributed by atoms with E-state index in [-0.39, 0.29) is 5.97 Å². The molecule has 2 aliphatic rings. The molecule has 0 fully saturated rings. The van der Waals surface area contributed by atoms with Crippen LogP contribution < -0.4 is 0 Å². The highest BCUT2D eigenvalue weighted by atomic mass is 16.5. The Labute approximate surface area is 64.0 Å². The van der Waals surface area contributed by atoms with Gasteiger partial charge < -0.3 is 4.74 Å². The van der Waals surface area contributed by atoms with E-state index in [9.17, 15) is 4.79 Å². The maximum Gasteiger partial charge on any atom is 0.356 e. The predicted molar refractivity (Wildman–Crippen MR) is 39.2 cm³/mol. The number of fused-ring (bicyclic) bond motifs is 1. The molecule has 0 saturated carbocycles. The summed E-state index contributed by atoms with van der Waals surface area (Å²) >= 11 is 0. The van der Waals surface area contributed by atoms with Crippen molar-refractivity contribution in [2.24, 2.45) is 0 Å². The highest BCUT2D eigenvalue weighted by Gasteiger charge is 2.20. The van der Waals surface area contributed by atoms with Gasteiger partial charge >= 0.3 is 5.97 Å². The molecule has 0 atom stereocenters. The third-order valence-corrected chi connectivity index (χ3v) is 1.52. The standard InChI is InChI=1S/C8H7NO2/c1-2-11-8(10)7-4-5-3-6(5)9-7/h3-4H,2H2,1H3. The number of pyridine rings is 1. The Kier molecular flexibility index (Phi) is 1.18. The zero-order chi connectivity index (χ0) is 7.84. The van der Waals surface area contributed by atoms with E-state index < -0.39 is 0 Å². The van der Waals surface area contributed by atoms with Crippen molar-refractivity contribution in [1.82, 2.24) is 4.98 Å². The van der Waals surface area contributed by atoms with Crippen LogP contribution in [0, 0.1) is 0 Å². The number of rotatable bonds is 2. The van der Waals surface area contributed by atoms with Gasteiger partial charge in [0.25, 0.3) is 0 Å². The average molecular weight is 149 g/mol. The molecule has 56 valence electrons. The predicted octanol–water partition coefficient (Wildman–Crippen LogP) is 1.24. The molecule has 1 heterocycles. The van der Waals surface area contributed by atoms with Gasteiger partial charge in [0.15, 0.2) is 0 Å². The van der Waals surface area contributed by atoms with E-state index in [0.29, 0.717) is 12.3 Å². The minimum Gasteiger partial charge on any atom is -0.461 e. The summed E-state index contributed by atoms with van der Waals surface area (Å²) in [5.74, 6) is -0.326.